The maximum Gasteiger partial charge on any atom is 0.237 e. The largest absolute Gasteiger partial charge is 0.381 e. The summed E-state index contributed by atoms with van der Waals surface area (Å²) >= 11 is 1.29. The summed E-state index contributed by atoms with van der Waals surface area (Å²) in [5.74, 6) is 0.597. The van der Waals surface area contributed by atoms with Crippen LogP contribution in [0.25, 0.3) is 0 Å². The minimum atomic E-state index is -0.646. The average Bonchev–Trinajstić information content (AvgIpc) is 2.88. The Bertz CT molecular complexity index is 348. The van der Waals surface area contributed by atoms with Crippen molar-refractivity contribution in [3.63, 3.8) is 0 Å². The standard InChI is InChI=1S/C12H24N4O3S/c1-10(14(2)8-11-5-6-19-9-11)7-15(3)12(20-4)13-16(17)18/h10-11H,5-9H2,1-4H3. The lowest BCUT2D eigenvalue weighted by atomic mass is 10.1. The van der Waals surface area contributed by atoms with Gasteiger partial charge in [-0.15, -0.1) is 0 Å². The van der Waals surface area contributed by atoms with Crippen molar-refractivity contribution in [1.29, 1.82) is 0 Å². The molecule has 2 unspecified atom stereocenters. The second-order valence-electron chi connectivity index (χ2n) is 5.22. The van der Waals surface area contributed by atoms with Gasteiger partial charge in [-0.3, -0.25) is 0 Å². The molecule has 8 heteroatoms. The number of hydrazone groups is 1. The molecule has 0 aromatic carbocycles. The van der Waals surface area contributed by atoms with E-state index in [4.69, 9.17) is 4.74 Å². The van der Waals surface area contributed by atoms with E-state index >= 15 is 0 Å². The van der Waals surface area contributed by atoms with Crippen LogP contribution in [0.4, 0.5) is 0 Å². The fourth-order valence-corrected chi connectivity index (χ4v) is 2.81. The summed E-state index contributed by atoms with van der Waals surface area (Å²) < 4.78 is 5.38. The maximum absolute atomic E-state index is 10.5. The first-order valence-electron chi connectivity index (χ1n) is 6.70. The highest BCUT2D eigenvalue weighted by Crippen LogP contribution is 2.15. The van der Waals surface area contributed by atoms with E-state index in [0.717, 1.165) is 26.2 Å². The molecule has 2 atom stereocenters. The number of nitro groups is 1. The van der Waals surface area contributed by atoms with Crippen LogP contribution < -0.4 is 0 Å². The predicted octanol–water partition coefficient (Wildman–Crippen LogP) is 1.19. The van der Waals surface area contributed by atoms with E-state index in [1.165, 1.54) is 11.8 Å². The predicted molar refractivity (Wildman–Crippen MR) is 81.6 cm³/mol. The van der Waals surface area contributed by atoms with Gasteiger partial charge in [0.05, 0.1) is 11.7 Å². The smallest absolute Gasteiger partial charge is 0.237 e. The Kier molecular flexibility index (Phi) is 7.25. The molecule has 7 nitrogen and oxygen atoms in total. The van der Waals surface area contributed by atoms with Crippen LogP contribution in [-0.4, -0.2) is 72.7 Å². The molecule has 1 aliphatic rings. The number of nitrogens with zero attached hydrogens (tertiary/aromatic N) is 4. The molecule has 0 aromatic heterocycles. The van der Waals surface area contributed by atoms with Crippen LogP contribution in [-0.2, 0) is 4.74 Å². The van der Waals surface area contributed by atoms with Gasteiger partial charge < -0.3 is 14.5 Å². The summed E-state index contributed by atoms with van der Waals surface area (Å²) in [5.41, 5.74) is 0. The lowest BCUT2D eigenvalue weighted by molar-refractivity contribution is -0.485. The normalized spacial score (nSPS) is 21.2. The summed E-state index contributed by atoms with van der Waals surface area (Å²) in [5, 5.41) is 13.7. The SMILES string of the molecule is CSC(=N[N+](=O)[O-])N(C)CC(C)N(C)CC1CCOC1. The van der Waals surface area contributed by atoms with Crippen molar-refractivity contribution in [3.05, 3.63) is 10.1 Å². The topological polar surface area (TPSA) is 71.2 Å². The number of ether oxygens (including phenoxy) is 1. The van der Waals surface area contributed by atoms with Crippen LogP contribution in [0.3, 0.4) is 0 Å². The van der Waals surface area contributed by atoms with Crippen molar-refractivity contribution in [1.82, 2.24) is 9.80 Å². The Hall–Kier alpha value is -0.860. The van der Waals surface area contributed by atoms with Gasteiger partial charge in [-0.1, -0.05) is 11.8 Å². The minimum Gasteiger partial charge on any atom is -0.381 e. The molecule has 0 radical (unpaired) electrons. The van der Waals surface area contributed by atoms with Gasteiger partial charge in [0.25, 0.3) is 0 Å². The number of rotatable bonds is 6. The number of amidine groups is 1. The zero-order chi connectivity index (χ0) is 15.1. The van der Waals surface area contributed by atoms with Gasteiger partial charge in [0.2, 0.25) is 5.17 Å². The molecule has 0 amide bonds. The van der Waals surface area contributed by atoms with E-state index < -0.39 is 5.03 Å². The summed E-state index contributed by atoms with van der Waals surface area (Å²) in [6.45, 7) is 5.52. The van der Waals surface area contributed by atoms with Crippen molar-refractivity contribution in [2.45, 2.75) is 19.4 Å². The van der Waals surface area contributed by atoms with E-state index in [1.807, 2.05) is 11.9 Å². The fraction of sp³-hybridized carbons (Fsp3) is 0.917. The van der Waals surface area contributed by atoms with Crippen LogP contribution in [0.5, 0.6) is 0 Å². The summed E-state index contributed by atoms with van der Waals surface area (Å²) in [7, 11) is 3.92. The van der Waals surface area contributed by atoms with E-state index in [0.29, 0.717) is 23.7 Å². The summed E-state index contributed by atoms with van der Waals surface area (Å²) in [6.07, 6.45) is 2.91. The lowest BCUT2D eigenvalue weighted by Gasteiger charge is -2.30. The van der Waals surface area contributed by atoms with Crippen LogP contribution in [0.2, 0.25) is 0 Å². The van der Waals surface area contributed by atoms with Gasteiger partial charge in [-0.25, -0.2) is 10.1 Å². The molecular formula is C12H24N4O3S. The van der Waals surface area contributed by atoms with E-state index in [2.05, 4.69) is 24.0 Å². The molecule has 0 aliphatic carbocycles. The zero-order valence-corrected chi connectivity index (χ0v) is 13.4. The molecule has 0 aromatic rings. The number of hydrogen-bond donors (Lipinski definition) is 0. The van der Waals surface area contributed by atoms with Crippen molar-refractivity contribution >= 4 is 16.9 Å². The fourth-order valence-electron chi connectivity index (χ4n) is 2.27. The van der Waals surface area contributed by atoms with Crippen LogP contribution in [0.1, 0.15) is 13.3 Å². The first-order valence-corrected chi connectivity index (χ1v) is 7.92. The van der Waals surface area contributed by atoms with Crippen molar-refractivity contribution < 1.29 is 9.77 Å². The molecule has 116 valence electrons. The van der Waals surface area contributed by atoms with E-state index in [-0.39, 0.29) is 0 Å². The molecule has 20 heavy (non-hydrogen) atoms. The Labute approximate surface area is 124 Å². The molecule has 0 bridgehead atoms. The Balaban J connectivity index is 2.46. The Morgan fingerprint density at radius 3 is 2.80 bits per heavy atom. The van der Waals surface area contributed by atoms with Gasteiger partial charge in [-0.2, -0.15) is 0 Å². The summed E-state index contributed by atoms with van der Waals surface area (Å²) in [4.78, 5) is 14.6. The molecule has 1 fully saturated rings. The molecule has 1 saturated heterocycles. The molecule has 0 spiro atoms. The van der Waals surface area contributed by atoms with E-state index in [9.17, 15) is 10.1 Å². The monoisotopic (exact) mass is 304 g/mol. The molecule has 1 rings (SSSR count). The van der Waals surface area contributed by atoms with E-state index in [1.54, 1.807) is 6.26 Å². The Morgan fingerprint density at radius 1 is 1.60 bits per heavy atom. The van der Waals surface area contributed by atoms with Gasteiger partial charge in [0.15, 0.2) is 5.03 Å². The van der Waals surface area contributed by atoms with Gasteiger partial charge >= 0.3 is 0 Å². The minimum absolute atomic E-state index is 0.296. The first-order chi connectivity index (χ1) is 9.43. The molecule has 1 aliphatic heterocycles. The average molecular weight is 304 g/mol. The van der Waals surface area contributed by atoms with Crippen LogP contribution >= 0.6 is 11.8 Å². The molecule has 0 saturated carbocycles. The third-order valence-electron chi connectivity index (χ3n) is 3.54. The second-order valence-corrected chi connectivity index (χ2v) is 6.00. The maximum atomic E-state index is 10.5. The van der Waals surface area contributed by atoms with Crippen molar-refractivity contribution in [2.24, 2.45) is 11.0 Å². The molecule has 0 N–H and O–H groups in total. The third-order valence-corrected chi connectivity index (χ3v) is 4.30. The lowest BCUT2D eigenvalue weighted by Crippen LogP contribution is -2.42. The van der Waals surface area contributed by atoms with Crippen molar-refractivity contribution in [3.8, 4) is 0 Å². The Morgan fingerprint density at radius 2 is 2.30 bits per heavy atom. The van der Waals surface area contributed by atoms with Crippen LogP contribution in [0, 0.1) is 16.0 Å². The van der Waals surface area contributed by atoms with Crippen molar-refractivity contribution in [2.75, 3.05) is 46.7 Å². The quantitative estimate of drug-likeness (QED) is 0.318. The zero-order valence-electron chi connectivity index (χ0n) is 12.6. The summed E-state index contributed by atoms with van der Waals surface area (Å²) in [6, 6.07) is 0.296. The number of thioether (sulfide) groups is 1. The highest BCUT2D eigenvalue weighted by Gasteiger charge is 2.21. The molecule has 1 heterocycles. The second kappa shape index (κ2) is 8.43. The third kappa shape index (κ3) is 5.64. The number of likely N-dealkylation sites (N-methyl/N-ethyl adjacent to an activating group) is 2. The van der Waals surface area contributed by atoms with Gasteiger partial charge in [-0.05, 0) is 32.6 Å². The molecular weight excluding hydrogens is 280 g/mol. The highest BCUT2D eigenvalue weighted by atomic mass is 32.2. The van der Waals surface area contributed by atoms with Gasteiger partial charge in [0.1, 0.15) is 0 Å². The highest BCUT2D eigenvalue weighted by molar-refractivity contribution is 8.13. The van der Waals surface area contributed by atoms with Gasteiger partial charge in [0, 0.05) is 32.8 Å². The first kappa shape index (κ1) is 17.2. The van der Waals surface area contributed by atoms with Crippen LogP contribution in [0.15, 0.2) is 5.10 Å². The number of hydrogen-bond acceptors (Lipinski definition) is 5.